The van der Waals surface area contributed by atoms with Crippen LogP contribution in [0.25, 0.3) is 0 Å². The van der Waals surface area contributed by atoms with Gasteiger partial charge < -0.3 is 5.32 Å². The van der Waals surface area contributed by atoms with Crippen molar-refractivity contribution in [3.8, 4) is 0 Å². The van der Waals surface area contributed by atoms with E-state index in [-0.39, 0.29) is 0 Å². The average Bonchev–Trinajstić information content (AvgIpc) is 2.64. The molecule has 0 radical (unpaired) electrons. The maximum Gasteiger partial charge on any atom is 0.214 e. The quantitative estimate of drug-likeness (QED) is 0.796. The molecule has 0 amide bonds. The molecule has 0 aromatic carbocycles. The van der Waals surface area contributed by atoms with E-state index in [1.54, 1.807) is 10.7 Å². The number of nitrogens with one attached hydrogen (secondary N) is 1. The van der Waals surface area contributed by atoms with E-state index in [0.717, 1.165) is 24.2 Å². The lowest BCUT2D eigenvalue weighted by molar-refractivity contribution is 0.584. The van der Waals surface area contributed by atoms with Crippen molar-refractivity contribution in [1.29, 1.82) is 0 Å². The van der Waals surface area contributed by atoms with Gasteiger partial charge in [0.25, 0.3) is 0 Å². The lowest BCUT2D eigenvalue weighted by atomic mass is 10.2. The summed E-state index contributed by atoms with van der Waals surface area (Å²) in [6.07, 6.45) is 6.10. The Morgan fingerprint density at radius 3 is 3.06 bits per heavy atom. The second kappa shape index (κ2) is 4.74. The van der Waals surface area contributed by atoms with Crippen LogP contribution in [0, 0.1) is 5.95 Å². The first-order valence-corrected chi connectivity index (χ1v) is 5.07. The molecule has 0 fully saturated rings. The standard InChI is InChI=1S/C11H13FN4/c1-16-8-9(7-15-16)2-4-13-10-3-5-14-11(12)6-10/h3,5-8H,2,4H2,1H3,(H,13,14). The Kier molecular flexibility index (Phi) is 3.14. The SMILES string of the molecule is Cn1cc(CCNc2ccnc(F)c2)cn1. The van der Waals surface area contributed by atoms with E-state index in [9.17, 15) is 4.39 Å². The number of aromatic nitrogens is 3. The maximum atomic E-state index is 12.8. The number of pyridine rings is 1. The van der Waals surface area contributed by atoms with E-state index >= 15 is 0 Å². The number of rotatable bonds is 4. The van der Waals surface area contributed by atoms with E-state index in [1.165, 1.54) is 12.3 Å². The van der Waals surface area contributed by atoms with E-state index in [4.69, 9.17) is 0 Å². The van der Waals surface area contributed by atoms with Crippen LogP contribution in [0.4, 0.5) is 10.1 Å². The Morgan fingerprint density at radius 1 is 1.50 bits per heavy atom. The summed E-state index contributed by atoms with van der Waals surface area (Å²) < 4.78 is 14.5. The van der Waals surface area contributed by atoms with Crippen LogP contribution in [-0.4, -0.2) is 21.3 Å². The molecule has 0 aliphatic rings. The highest BCUT2D eigenvalue weighted by Crippen LogP contribution is 2.07. The maximum absolute atomic E-state index is 12.8. The third-order valence-corrected chi connectivity index (χ3v) is 2.23. The molecular formula is C11H13FN4. The second-order valence-corrected chi connectivity index (χ2v) is 3.57. The molecule has 0 aliphatic carbocycles. The molecular weight excluding hydrogens is 207 g/mol. The van der Waals surface area contributed by atoms with Gasteiger partial charge in [-0.15, -0.1) is 0 Å². The van der Waals surface area contributed by atoms with E-state index in [2.05, 4.69) is 15.4 Å². The molecule has 16 heavy (non-hydrogen) atoms. The van der Waals surface area contributed by atoms with Gasteiger partial charge in [0.1, 0.15) is 0 Å². The molecule has 2 rings (SSSR count). The lowest BCUT2D eigenvalue weighted by Crippen LogP contribution is -2.04. The molecule has 0 unspecified atom stereocenters. The van der Waals surface area contributed by atoms with E-state index in [1.807, 2.05) is 19.4 Å². The van der Waals surface area contributed by atoms with Gasteiger partial charge in [0.2, 0.25) is 5.95 Å². The predicted octanol–water partition coefficient (Wildman–Crippen LogP) is 1.61. The van der Waals surface area contributed by atoms with E-state index in [0.29, 0.717) is 0 Å². The first-order valence-electron chi connectivity index (χ1n) is 5.07. The molecule has 2 heterocycles. The fourth-order valence-electron chi connectivity index (χ4n) is 1.46. The molecule has 0 bridgehead atoms. The summed E-state index contributed by atoms with van der Waals surface area (Å²) in [5.74, 6) is -0.466. The van der Waals surface area contributed by atoms with Gasteiger partial charge in [0, 0.05) is 37.7 Å². The Hall–Kier alpha value is -1.91. The Bertz CT molecular complexity index is 467. The minimum Gasteiger partial charge on any atom is -0.385 e. The van der Waals surface area contributed by atoms with Crippen LogP contribution < -0.4 is 5.32 Å². The van der Waals surface area contributed by atoms with Gasteiger partial charge in [0.15, 0.2) is 0 Å². The van der Waals surface area contributed by atoms with Crippen molar-refractivity contribution in [3.05, 3.63) is 42.2 Å². The Morgan fingerprint density at radius 2 is 2.38 bits per heavy atom. The fourth-order valence-corrected chi connectivity index (χ4v) is 1.46. The predicted molar refractivity (Wildman–Crippen MR) is 59.6 cm³/mol. The number of aryl methyl sites for hydroxylation is 1. The highest BCUT2D eigenvalue weighted by molar-refractivity contribution is 5.41. The molecule has 0 atom stereocenters. The smallest absolute Gasteiger partial charge is 0.214 e. The normalized spacial score (nSPS) is 10.4. The highest BCUT2D eigenvalue weighted by atomic mass is 19.1. The molecule has 4 nitrogen and oxygen atoms in total. The van der Waals surface area contributed by atoms with E-state index < -0.39 is 5.95 Å². The molecule has 2 aromatic heterocycles. The second-order valence-electron chi connectivity index (χ2n) is 3.57. The lowest BCUT2D eigenvalue weighted by Gasteiger charge is -2.04. The summed E-state index contributed by atoms with van der Waals surface area (Å²) >= 11 is 0. The topological polar surface area (TPSA) is 42.7 Å². The summed E-state index contributed by atoms with van der Waals surface area (Å²) in [5, 5.41) is 7.20. The van der Waals surface area contributed by atoms with Crippen LogP contribution in [-0.2, 0) is 13.5 Å². The first kappa shape index (κ1) is 10.6. The third kappa shape index (κ3) is 2.79. The largest absolute Gasteiger partial charge is 0.385 e. The number of hydrogen-bond donors (Lipinski definition) is 1. The van der Waals surface area contributed by atoms with Crippen molar-refractivity contribution in [2.24, 2.45) is 7.05 Å². The zero-order valence-corrected chi connectivity index (χ0v) is 9.02. The van der Waals surface area contributed by atoms with Crippen LogP contribution in [0.1, 0.15) is 5.56 Å². The molecule has 0 spiro atoms. The van der Waals surface area contributed by atoms with Crippen molar-refractivity contribution >= 4 is 5.69 Å². The summed E-state index contributed by atoms with van der Waals surface area (Å²) in [6.45, 7) is 0.745. The fraction of sp³-hybridized carbons (Fsp3) is 0.273. The number of nitrogens with zero attached hydrogens (tertiary/aromatic N) is 3. The van der Waals surface area contributed by atoms with Crippen molar-refractivity contribution in [1.82, 2.24) is 14.8 Å². The van der Waals surface area contributed by atoms with Crippen LogP contribution in [0.3, 0.4) is 0 Å². The van der Waals surface area contributed by atoms with Gasteiger partial charge in [-0.1, -0.05) is 0 Å². The van der Waals surface area contributed by atoms with Crippen molar-refractivity contribution < 1.29 is 4.39 Å². The van der Waals surface area contributed by atoms with Gasteiger partial charge in [-0.2, -0.15) is 9.49 Å². The third-order valence-electron chi connectivity index (χ3n) is 2.23. The summed E-state index contributed by atoms with van der Waals surface area (Å²) in [7, 11) is 1.88. The molecule has 2 aromatic rings. The highest BCUT2D eigenvalue weighted by Gasteiger charge is 1.97. The Balaban J connectivity index is 1.84. The zero-order valence-electron chi connectivity index (χ0n) is 9.02. The summed E-state index contributed by atoms with van der Waals surface area (Å²) in [5.41, 5.74) is 1.90. The summed E-state index contributed by atoms with van der Waals surface area (Å²) in [6, 6.07) is 3.12. The molecule has 84 valence electrons. The van der Waals surface area contributed by atoms with Crippen molar-refractivity contribution in [3.63, 3.8) is 0 Å². The van der Waals surface area contributed by atoms with Crippen molar-refractivity contribution in [2.75, 3.05) is 11.9 Å². The molecule has 0 saturated heterocycles. The molecule has 0 saturated carbocycles. The minimum atomic E-state index is -0.466. The van der Waals surface area contributed by atoms with Crippen LogP contribution in [0.2, 0.25) is 0 Å². The van der Waals surface area contributed by atoms with Crippen LogP contribution in [0.15, 0.2) is 30.7 Å². The molecule has 0 aliphatic heterocycles. The van der Waals surface area contributed by atoms with Gasteiger partial charge in [-0.3, -0.25) is 4.68 Å². The first-order chi connectivity index (χ1) is 7.74. The zero-order chi connectivity index (χ0) is 11.4. The monoisotopic (exact) mass is 220 g/mol. The van der Waals surface area contributed by atoms with Crippen molar-refractivity contribution in [2.45, 2.75) is 6.42 Å². The number of halogens is 1. The Labute approximate surface area is 93.1 Å². The number of hydrogen-bond acceptors (Lipinski definition) is 3. The number of anilines is 1. The van der Waals surface area contributed by atoms with Gasteiger partial charge in [-0.05, 0) is 18.1 Å². The molecule has 1 N–H and O–H groups in total. The van der Waals surface area contributed by atoms with Crippen LogP contribution >= 0.6 is 0 Å². The average molecular weight is 220 g/mol. The summed E-state index contributed by atoms with van der Waals surface area (Å²) in [4.78, 5) is 3.49. The minimum absolute atomic E-state index is 0.466. The van der Waals surface area contributed by atoms with Gasteiger partial charge >= 0.3 is 0 Å². The van der Waals surface area contributed by atoms with Gasteiger partial charge in [-0.25, -0.2) is 4.98 Å². The van der Waals surface area contributed by atoms with Gasteiger partial charge in [0.05, 0.1) is 6.20 Å². The molecule has 5 heteroatoms. The van der Waals surface area contributed by atoms with Crippen LogP contribution in [0.5, 0.6) is 0 Å².